The van der Waals surface area contributed by atoms with Gasteiger partial charge in [-0.15, -0.1) is 0 Å². The lowest BCUT2D eigenvalue weighted by molar-refractivity contribution is -0.154. The zero-order chi connectivity index (χ0) is 40.5. The lowest BCUT2D eigenvalue weighted by Crippen LogP contribution is -2.34. The van der Waals surface area contributed by atoms with Gasteiger partial charge in [-0.3, -0.25) is 18.6 Å². The number of carbonyl (C=O) groups is 2. The first kappa shape index (κ1) is 53.7. The average Bonchev–Trinajstić information content (AvgIpc) is 3.16. The van der Waals surface area contributed by atoms with E-state index in [2.05, 4.69) is 26.0 Å². The number of carboxylic acids is 1. The highest BCUT2D eigenvalue weighted by molar-refractivity contribution is 7.47. The molecule has 55 heavy (non-hydrogen) atoms. The van der Waals surface area contributed by atoms with Crippen LogP contribution in [0.4, 0.5) is 0 Å². The standard InChI is InChI=1S/C44H86NO9P/c1-3-5-7-9-11-13-15-17-18-19-20-21-22-23-25-27-29-31-33-35-37-51-38-41(39-52-55(49,50)53-40-42(45)44(47)48)54-43(46)36-34-32-30-28-26-24-16-14-12-10-8-6-4-2/h17-18,41-42H,3-16,19-40,45H2,1-2H3,(H,47,48)(H,49,50)/b18-17-. The fourth-order valence-electron chi connectivity index (χ4n) is 6.48. The number of carboxylic acid groups (broad SMARTS) is 1. The largest absolute Gasteiger partial charge is 0.480 e. The summed E-state index contributed by atoms with van der Waals surface area (Å²) in [5.74, 6) is -1.77. The molecule has 326 valence electrons. The minimum Gasteiger partial charge on any atom is -0.480 e. The molecule has 0 aromatic carbocycles. The van der Waals surface area contributed by atoms with Gasteiger partial charge < -0.3 is 25.2 Å². The number of unbranched alkanes of at least 4 members (excludes halogenated alkanes) is 28. The van der Waals surface area contributed by atoms with E-state index >= 15 is 0 Å². The maximum Gasteiger partial charge on any atom is 0.472 e. The highest BCUT2D eigenvalue weighted by Gasteiger charge is 2.27. The highest BCUT2D eigenvalue weighted by atomic mass is 31.2. The predicted molar refractivity (Wildman–Crippen MR) is 226 cm³/mol. The van der Waals surface area contributed by atoms with Crippen LogP contribution < -0.4 is 5.73 Å². The Morgan fingerprint density at radius 2 is 0.945 bits per heavy atom. The number of carbonyl (C=O) groups excluding carboxylic acids is 1. The van der Waals surface area contributed by atoms with Crippen LogP contribution in [-0.4, -0.2) is 60.5 Å². The third kappa shape index (κ3) is 40.7. The summed E-state index contributed by atoms with van der Waals surface area (Å²) in [6, 6.07) is -1.47. The molecule has 3 unspecified atom stereocenters. The zero-order valence-electron chi connectivity index (χ0n) is 35.5. The lowest BCUT2D eigenvalue weighted by Gasteiger charge is -2.20. The van der Waals surface area contributed by atoms with E-state index in [4.69, 9.17) is 29.4 Å². The van der Waals surface area contributed by atoms with Gasteiger partial charge in [-0.2, -0.15) is 0 Å². The Balaban J connectivity index is 4.14. The minimum atomic E-state index is -4.61. The van der Waals surface area contributed by atoms with Crippen LogP contribution in [0, 0.1) is 0 Å². The van der Waals surface area contributed by atoms with Crippen LogP contribution in [0.1, 0.15) is 219 Å². The molecule has 0 aliphatic carbocycles. The lowest BCUT2D eigenvalue weighted by atomic mass is 10.0. The molecule has 0 spiro atoms. The van der Waals surface area contributed by atoms with Crippen molar-refractivity contribution < 1.29 is 42.7 Å². The van der Waals surface area contributed by atoms with Crippen molar-refractivity contribution in [3.8, 4) is 0 Å². The Bertz CT molecular complexity index is 935. The predicted octanol–water partition coefficient (Wildman–Crippen LogP) is 12.5. The van der Waals surface area contributed by atoms with Gasteiger partial charge in [-0.05, 0) is 38.5 Å². The van der Waals surface area contributed by atoms with E-state index in [1.807, 2.05) is 0 Å². The monoisotopic (exact) mass is 804 g/mol. The van der Waals surface area contributed by atoms with E-state index < -0.39 is 45.1 Å². The number of esters is 1. The number of allylic oxidation sites excluding steroid dienone is 2. The molecule has 10 nitrogen and oxygen atoms in total. The van der Waals surface area contributed by atoms with E-state index in [1.54, 1.807) is 0 Å². The zero-order valence-corrected chi connectivity index (χ0v) is 36.4. The number of rotatable bonds is 44. The second kappa shape index (κ2) is 40.9. The van der Waals surface area contributed by atoms with E-state index in [9.17, 15) is 19.0 Å². The molecule has 0 saturated carbocycles. The van der Waals surface area contributed by atoms with E-state index in [0.29, 0.717) is 6.61 Å². The van der Waals surface area contributed by atoms with Gasteiger partial charge in [-0.25, -0.2) is 4.57 Å². The molecule has 0 fully saturated rings. The van der Waals surface area contributed by atoms with Gasteiger partial charge >= 0.3 is 19.8 Å². The van der Waals surface area contributed by atoms with Crippen LogP contribution in [-0.2, 0) is 32.7 Å². The van der Waals surface area contributed by atoms with Crippen LogP contribution in [0.5, 0.6) is 0 Å². The molecular weight excluding hydrogens is 717 g/mol. The molecule has 0 saturated heterocycles. The van der Waals surface area contributed by atoms with Crippen molar-refractivity contribution in [3.05, 3.63) is 12.2 Å². The summed E-state index contributed by atoms with van der Waals surface area (Å²) in [6.07, 6.45) is 42.6. The summed E-state index contributed by atoms with van der Waals surface area (Å²) in [5.41, 5.74) is 5.36. The molecule has 0 aliphatic rings. The summed E-state index contributed by atoms with van der Waals surface area (Å²) in [4.78, 5) is 33.5. The summed E-state index contributed by atoms with van der Waals surface area (Å²) in [5, 5.41) is 8.89. The van der Waals surface area contributed by atoms with Crippen molar-refractivity contribution in [1.29, 1.82) is 0 Å². The molecule has 0 bridgehead atoms. The Labute approximate surface area is 337 Å². The number of ether oxygens (including phenoxy) is 2. The maximum atomic E-state index is 12.6. The maximum absolute atomic E-state index is 12.6. The molecular formula is C44H86NO9P. The van der Waals surface area contributed by atoms with Crippen molar-refractivity contribution in [3.63, 3.8) is 0 Å². The van der Waals surface area contributed by atoms with Crippen molar-refractivity contribution >= 4 is 19.8 Å². The molecule has 11 heteroatoms. The molecule has 0 heterocycles. The number of aliphatic carboxylic acids is 1. The van der Waals surface area contributed by atoms with Crippen LogP contribution in [0.25, 0.3) is 0 Å². The third-order valence-electron chi connectivity index (χ3n) is 10.0. The Morgan fingerprint density at radius 1 is 0.564 bits per heavy atom. The van der Waals surface area contributed by atoms with Gasteiger partial charge in [-0.1, -0.05) is 187 Å². The van der Waals surface area contributed by atoms with Crippen molar-refractivity contribution in [2.75, 3.05) is 26.4 Å². The number of hydrogen-bond acceptors (Lipinski definition) is 8. The number of hydrogen-bond donors (Lipinski definition) is 3. The van der Waals surface area contributed by atoms with Crippen LogP contribution in [0.2, 0.25) is 0 Å². The van der Waals surface area contributed by atoms with Gasteiger partial charge in [0, 0.05) is 13.0 Å². The van der Waals surface area contributed by atoms with Crippen LogP contribution in [0.15, 0.2) is 12.2 Å². The third-order valence-corrected chi connectivity index (χ3v) is 11.0. The fourth-order valence-corrected chi connectivity index (χ4v) is 7.26. The summed E-state index contributed by atoms with van der Waals surface area (Å²) >= 11 is 0. The Morgan fingerprint density at radius 3 is 1.38 bits per heavy atom. The van der Waals surface area contributed by atoms with Crippen molar-refractivity contribution in [2.45, 2.75) is 231 Å². The quantitative estimate of drug-likeness (QED) is 0.0235. The minimum absolute atomic E-state index is 0.0217. The summed E-state index contributed by atoms with van der Waals surface area (Å²) < 4.78 is 33.4. The van der Waals surface area contributed by atoms with E-state index in [1.165, 1.54) is 161 Å². The molecule has 0 rings (SSSR count). The number of nitrogens with two attached hydrogens (primary N) is 1. The van der Waals surface area contributed by atoms with Crippen molar-refractivity contribution in [2.24, 2.45) is 5.73 Å². The average molecular weight is 804 g/mol. The normalized spacial score (nSPS) is 14.0. The SMILES string of the molecule is CCCCCCCC/C=C\CCCCCCCCCCCCOCC(COP(=O)(O)OCC(N)C(=O)O)OC(=O)CCCCCCCCCCCCCCC. The van der Waals surface area contributed by atoms with Gasteiger partial charge in [0.15, 0.2) is 0 Å². The molecule has 0 aromatic rings. The summed E-state index contributed by atoms with van der Waals surface area (Å²) in [7, 11) is -4.61. The molecule has 0 aromatic heterocycles. The van der Waals surface area contributed by atoms with Crippen molar-refractivity contribution in [1.82, 2.24) is 0 Å². The van der Waals surface area contributed by atoms with E-state index in [-0.39, 0.29) is 13.0 Å². The van der Waals surface area contributed by atoms with Gasteiger partial charge in [0.2, 0.25) is 0 Å². The smallest absolute Gasteiger partial charge is 0.472 e. The van der Waals surface area contributed by atoms with Gasteiger partial charge in [0.25, 0.3) is 0 Å². The highest BCUT2D eigenvalue weighted by Crippen LogP contribution is 2.43. The number of phosphoric ester groups is 1. The Kier molecular flexibility index (Phi) is 39.9. The molecule has 0 radical (unpaired) electrons. The molecule has 0 aliphatic heterocycles. The van der Waals surface area contributed by atoms with Gasteiger partial charge in [0.05, 0.1) is 19.8 Å². The first-order valence-electron chi connectivity index (χ1n) is 22.7. The van der Waals surface area contributed by atoms with Crippen LogP contribution >= 0.6 is 7.82 Å². The fraction of sp³-hybridized carbons (Fsp3) is 0.909. The van der Waals surface area contributed by atoms with E-state index in [0.717, 1.165) is 38.5 Å². The second-order valence-corrected chi connectivity index (χ2v) is 17.0. The first-order valence-corrected chi connectivity index (χ1v) is 24.2. The second-order valence-electron chi connectivity index (χ2n) is 15.5. The summed E-state index contributed by atoms with van der Waals surface area (Å²) in [6.45, 7) is 3.90. The topological polar surface area (TPSA) is 155 Å². The molecule has 3 atom stereocenters. The van der Waals surface area contributed by atoms with Crippen LogP contribution in [0.3, 0.4) is 0 Å². The Hall–Kier alpha value is -1.29. The number of phosphoric acid groups is 1. The van der Waals surface area contributed by atoms with Gasteiger partial charge in [0.1, 0.15) is 12.1 Å². The molecule has 4 N–H and O–H groups in total. The first-order chi connectivity index (χ1) is 26.7. The molecule has 0 amide bonds.